The molecule has 0 aliphatic heterocycles. The number of carbonyl (C=O) groups is 1. The van der Waals surface area contributed by atoms with Crippen molar-refractivity contribution in [2.45, 2.75) is 44.2 Å². The van der Waals surface area contributed by atoms with Crippen LogP contribution in [0.25, 0.3) is 0 Å². The van der Waals surface area contributed by atoms with Crippen molar-refractivity contribution < 1.29 is 9.53 Å². The predicted octanol–water partition coefficient (Wildman–Crippen LogP) is 3.21. The molecule has 0 bridgehead atoms. The molecule has 3 nitrogen and oxygen atoms in total. The minimum Gasteiger partial charge on any atom is -0.467 e. The minimum atomic E-state index is -0.756. The fourth-order valence-corrected chi connectivity index (χ4v) is 3.09. The second kappa shape index (κ2) is 6.22. The summed E-state index contributed by atoms with van der Waals surface area (Å²) in [5.74, 6) is -0.222. The summed E-state index contributed by atoms with van der Waals surface area (Å²) in [5.41, 5.74) is 0.209. The molecule has 0 amide bonds. The Morgan fingerprint density at radius 2 is 1.89 bits per heavy atom. The van der Waals surface area contributed by atoms with E-state index in [1.54, 1.807) is 0 Å². The summed E-state index contributed by atoms with van der Waals surface area (Å²) in [7, 11) is 1.45. The SMILES string of the molecule is COC(=O)C(C)(NC1CCCC1)c1ccc(I)cc1. The van der Waals surface area contributed by atoms with Crippen LogP contribution in [0.1, 0.15) is 38.2 Å². The zero-order valence-electron chi connectivity index (χ0n) is 11.4. The molecule has 0 spiro atoms. The van der Waals surface area contributed by atoms with Gasteiger partial charge in [0.15, 0.2) is 0 Å². The molecule has 1 aromatic rings. The second-order valence-corrected chi connectivity index (χ2v) is 6.49. The molecule has 1 saturated carbocycles. The Balaban J connectivity index is 2.27. The molecule has 0 heterocycles. The fraction of sp³-hybridized carbons (Fsp3) is 0.533. The normalized spacial score (nSPS) is 19.1. The van der Waals surface area contributed by atoms with Gasteiger partial charge in [0.2, 0.25) is 0 Å². The van der Waals surface area contributed by atoms with Crippen LogP contribution in [0.2, 0.25) is 0 Å². The van der Waals surface area contributed by atoms with Crippen molar-refractivity contribution in [1.29, 1.82) is 0 Å². The third kappa shape index (κ3) is 3.28. The summed E-state index contributed by atoms with van der Waals surface area (Å²) in [5, 5.41) is 3.50. The molecule has 1 aromatic carbocycles. The van der Waals surface area contributed by atoms with Crippen molar-refractivity contribution in [1.82, 2.24) is 5.32 Å². The van der Waals surface area contributed by atoms with Crippen LogP contribution >= 0.6 is 22.6 Å². The number of benzene rings is 1. The highest BCUT2D eigenvalue weighted by Gasteiger charge is 2.38. The summed E-state index contributed by atoms with van der Waals surface area (Å²) in [6.07, 6.45) is 4.75. The lowest BCUT2D eigenvalue weighted by molar-refractivity contribution is -0.148. The second-order valence-electron chi connectivity index (χ2n) is 5.25. The number of esters is 1. The molecule has 2 rings (SSSR count). The number of carbonyl (C=O) groups excluding carboxylic acids is 1. The smallest absolute Gasteiger partial charge is 0.330 e. The molecule has 0 aromatic heterocycles. The van der Waals surface area contributed by atoms with Gasteiger partial charge in [-0.05, 0) is 60.1 Å². The van der Waals surface area contributed by atoms with Crippen LogP contribution in [0.3, 0.4) is 0 Å². The van der Waals surface area contributed by atoms with Crippen LogP contribution < -0.4 is 5.32 Å². The van der Waals surface area contributed by atoms with Crippen LogP contribution in [-0.2, 0) is 15.1 Å². The zero-order chi connectivity index (χ0) is 13.9. The summed E-state index contributed by atoms with van der Waals surface area (Å²) < 4.78 is 6.17. The number of nitrogens with one attached hydrogen (secondary N) is 1. The van der Waals surface area contributed by atoms with Crippen molar-refractivity contribution >= 4 is 28.6 Å². The summed E-state index contributed by atoms with van der Waals surface area (Å²) in [4.78, 5) is 12.2. The van der Waals surface area contributed by atoms with E-state index >= 15 is 0 Å². The maximum Gasteiger partial charge on any atom is 0.330 e. The molecule has 1 fully saturated rings. The van der Waals surface area contributed by atoms with E-state index in [2.05, 4.69) is 27.9 Å². The number of rotatable bonds is 4. The first-order valence-electron chi connectivity index (χ1n) is 6.68. The first-order chi connectivity index (χ1) is 9.06. The van der Waals surface area contributed by atoms with E-state index < -0.39 is 5.54 Å². The van der Waals surface area contributed by atoms with Gasteiger partial charge in [0, 0.05) is 9.61 Å². The Kier molecular flexibility index (Phi) is 4.84. The molecule has 4 heteroatoms. The van der Waals surface area contributed by atoms with Crippen molar-refractivity contribution in [2.75, 3.05) is 7.11 Å². The largest absolute Gasteiger partial charge is 0.467 e. The van der Waals surface area contributed by atoms with Crippen molar-refractivity contribution in [3.8, 4) is 0 Å². The molecule has 1 N–H and O–H groups in total. The van der Waals surface area contributed by atoms with Crippen molar-refractivity contribution in [3.05, 3.63) is 33.4 Å². The van der Waals surface area contributed by atoms with Crippen LogP contribution in [0.15, 0.2) is 24.3 Å². The molecular formula is C15H20INO2. The van der Waals surface area contributed by atoms with Gasteiger partial charge in [-0.25, -0.2) is 4.79 Å². The van der Waals surface area contributed by atoms with E-state index in [0.29, 0.717) is 6.04 Å². The monoisotopic (exact) mass is 373 g/mol. The Labute approximate surface area is 128 Å². The molecule has 1 aliphatic carbocycles. The number of halogens is 1. The molecule has 1 aliphatic rings. The topological polar surface area (TPSA) is 38.3 Å². The van der Waals surface area contributed by atoms with Gasteiger partial charge in [0.1, 0.15) is 5.54 Å². The van der Waals surface area contributed by atoms with Gasteiger partial charge in [-0.3, -0.25) is 5.32 Å². The van der Waals surface area contributed by atoms with E-state index in [0.717, 1.165) is 22.0 Å². The average molecular weight is 373 g/mol. The summed E-state index contributed by atoms with van der Waals surface area (Å²) in [6, 6.07) is 8.45. The lowest BCUT2D eigenvalue weighted by atomic mass is 9.90. The third-order valence-corrected chi connectivity index (χ3v) is 4.58. The molecule has 1 atom stereocenters. The lowest BCUT2D eigenvalue weighted by Crippen LogP contribution is -2.51. The number of hydrogen-bond donors (Lipinski definition) is 1. The molecule has 0 radical (unpaired) electrons. The maximum atomic E-state index is 12.2. The van der Waals surface area contributed by atoms with Gasteiger partial charge < -0.3 is 4.74 Å². The van der Waals surface area contributed by atoms with Crippen LogP contribution in [0.5, 0.6) is 0 Å². The molecular weight excluding hydrogens is 353 g/mol. The van der Waals surface area contributed by atoms with Crippen molar-refractivity contribution in [2.24, 2.45) is 0 Å². The van der Waals surface area contributed by atoms with E-state index in [1.165, 1.54) is 20.0 Å². The fourth-order valence-electron chi connectivity index (χ4n) is 2.73. The molecule has 19 heavy (non-hydrogen) atoms. The van der Waals surface area contributed by atoms with Gasteiger partial charge in [-0.1, -0.05) is 25.0 Å². The van der Waals surface area contributed by atoms with Crippen LogP contribution in [-0.4, -0.2) is 19.1 Å². The zero-order valence-corrected chi connectivity index (χ0v) is 13.6. The van der Waals surface area contributed by atoms with E-state index in [4.69, 9.17) is 4.74 Å². The van der Waals surface area contributed by atoms with Crippen LogP contribution in [0.4, 0.5) is 0 Å². The van der Waals surface area contributed by atoms with E-state index in [1.807, 2.05) is 31.2 Å². The highest BCUT2D eigenvalue weighted by atomic mass is 127. The molecule has 104 valence electrons. The quantitative estimate of drug-likeness (QED) is 0.651. The molecule has 0 saturated heterocycles. The van der Waals surface area contributed by atoms with E-state index in [9.17, 15) is 4.79 Å². The first kappa shape index (κ1) is 14.8. The summed E-state index contributed by atoms with van der Waals surface area (Å²) >= 11 is 2.26. The summed E-state index contributed by atoms with van der Waals surface area (Å²) in [6.45, 7) is 1.92. The highest BCUT2D eigenvalue weighted by molar-refractivity contribution is 14.1. The van der Waals surface area contributed by atoms with Gasteiger partial charge >= 0.3 is 5.97 Å². The van der Waals surface area contributed by atoms with Gasteiger partial charge in [0.25, 0.3) is 0 Å². The maximum absolute atomic E-state index is 12.2. The third-order valence-electron chi connectivity index (χ3n) is 3.86. The first-order valence-corrected chi connectivity index (χ1v) is 7.76. The molecule has 1 unspecified atom stereocenters. The number of ether oxygens (including phenoxy) is 1. The Morgan fingerprint density at radius 1 is 1.32 bits per heavy atom. The van der Waals surface area contributed by atoms with E-state index in [-0.39, 0.29) is 5.97 Å². The van der Waals surface area contributed by atoms with Crippen LogP contribution in [0, 0.1) is 3.57 Å². The Bertz CT molecular complexity index is 440. The van der Waals surface area contributed by atoms with Gasteiger partial charge in [0.05, 0.1) is 7.11 Å². The number of hydrogen-bond acceptors (Lipinski definition) is 3. The predicted molar refractivity (Wildman–Crippen MR) is 83.9 cm³/mol. The van der Waals surface area contributed by atoms with Crippen molar-refractivity contribution in [3.63, 3.8) is 0 Å². The number of methoxy groups -OCH3 is 1. The lowest BCUT2D eigenvalue weighted by Gasteiger charge is -2.31. The van der Waals surface area contributed by atoms with Gasteiger partial charge in [-0.2, -0.15) is 0 Å². The average Bonchev–Trinajstić information content (AvgIpc) is 2.91. The Morgan fingerprint density at radius 3 is 2.42 bits per heavy atom. The highest BCUT2D eigenvalue weighted by Crippen LogP contribution is 2.28. The Hall–Kier alpha value is -0.620. The minimum absolute atomic E-state index is 0.222. The standard InChI is InChI=1S/C15H20INO2/c1-15(14(18)19-2,17-13-5-3-4-6-13)11-7-9-12(16)10-8-11/h7-10,13,17H,3-6H2,1-2H3. The van der Waals surface area contributed by atoms with Gasteiger partial charge in [-0.15, -0.1) is 0 Å².